The van der Waals surface area contributed by atoms with E-state index in [-0.39, 0.29) is 18.5 Å². The molecule has 2 atom stereocenters. The average molecular weight is 804 g/mol. The van der Waals surface area contributed by atoms with E-state index < -0.39 is 12.1 Å². The number of hydrogen-bond donors (Lipinski definition) is 3. The van der Waals surface area contributed by atoms with Crippen LogP contribution in [0.25, 0.3) is 0 Å². The molecule has 0 aromatic rings. The zero-order valence-corrected chi connectivity index (χ0v) is 38.1. The number of hydrogen-bond acceptors (Lipinski definition) is 5. The third kappa shape index (κ3) is 43.7. The van der Waals surface area contributed by atoms with Crippen LogP contribution in [0.5, 0.6) is 0 Å². The lowest BCUT2D eigenvalue weighted by molar-refractivity contribution is -0.143. The highest BCUT2D eigenvalue weighted by molar-refractivity contribution is 5.76. The highest BCUT2D eigenvalue weighted by atomic mass is 16.5. The van der Waals surface area contributed by atoms with Gasteiger partial charge in [-0.2, -0.15) is 0 Å². The summed E-state index contributed by atoms with van der Waals surface area (Å²) in [6, 6.07) is -0.628. The largest absolute Gasteiger partial charge is 0.466 e. The predicted octanol–water partition coefficient (Wildman–Crippen LogP) is 14.7. The Hall–Kier alpha value is -1.66. The lowest BCUT2D eigenvalue weighted by Crippen LogP contribution is -2.45. The van der Waals surface area contributed by atoms with Crippen LogP contribution >= 0.6 is 0 Å². The number of allylic oxidation sites excluding steroid dienone is 3. The van der Waals surface area contributed by atoms with E-state index in [4.69, 9.17) is 4.74 Å². The van der Waals surface area contributed by atoms with Crippen molar-refractivity contribution >= 4 is 11.9 Å². The molecule has 0 saturated heterocycles. The van der Waals surface area contributed by atoms with Crippen LogP contribution in [-0.2, 0) is 14.3 Å². The first-order chi connectivity index (χ1) is 28.0. The molecule has 1 amide bonds. The van der Waals surface area contributed by atoms with Crippen molar-refractivity contribution in [1.29, 1.82) is 0 Å². The van der Waals surface area contributed by atoms with Crippen molar-refractivity contribution in [2.24, 2.45) is 0 Å². The molecule has 0 aromatic heterocycles. The molecule has 0 aliphatic heterocycles. The van der Waals surface area contributed by atoms with E-state index in [9.17, 15) is 19.8 Å². The molecule has 0 bridgehead atoms. The number of aliphatic hydroxyl groups is 2. The van der Waals surface area contributed by atoms with Gasteiger partial charge in [0.2, 0.25) is 5.91 Å². The fourth-order valence-electron chi connectivity index (χ4n) is 7.57. The Bertz CT molecular complexity index is 889. The molecule has 0 saturated carbocycles. The van der Waals surface area contributed by atoms with Gasteiger partial charge in [0.05, 0.1) is 25.4 Å². The molecule has 0 heterocycles. The van der Waals surface area contributed by atoms with Gasteiger partial charge in [0.15, 0.2) is 0 Å². The number of rotatable bonds is 46. The molecule has 0 rings (SSSR count). The molecule has 0 radical (unpaired) electrons. The topological polar surface area (TPSA) is 95.9 Å². The van der Waals surface area contributed by atoms with E-state index >= 15 is 0 Å². The number of amides is 1. The van der Waals surface area contributed by atoms with E-state index in [0.29, 0.717) is 19.4 Å². The van der Waals surface area contributed by atoms with Crippen LogP contribution in [0.4, 0.5) is 0 Å². The van der Waals surface area contributed by atoms with Gasteiger partial charge in [0.1, 0.15) is 0 Å². The fourth-order valence-corrected chi connectivity index (χ4v) is 7.57. The van der Waals surface area contributed by atoms with Gasteiger partial charge in [-0.25, -0.2) is 0 Å². The van der Waals surface area contributed by atoms with Gasteiger partial charge in [-0.05, 0) is 57.8 Å². The van der Waals surface area contributed by atoms with Crippen molar-refractivity contribution in [3.8, 4) is 0 Å². The number of aliphatic hydroxyl groups excluding tert-OH is 2. The summed E-state index contributed by atoms with van der Waals surface area (Å²) in [7, 11) is 0. The van der Waals surface area contributed by atoms with E-state index in [1.807, 2.05) is 6.08 Å². The third-order valence-electron chi connectivity index (χ3n) is 11.5. The molecule has 0 fully saturated rings. The van der Waals surface area contributed by atoms with E-state index in [2.05, 4.69) is 31.3 Å². The minimum absolute atomic E-state index is 0.00427. The second-order valence-corrected chi connectivity index (χ2v) is 17.1. The second-order valence-electron chi connectivity index (χ2n) is 17.1. The number of esters is 1. The van der Waals surface area contributed by atoms with Crippen LogP contribution in [0.3, 0.4) is 0 Å². The molecule has 2 unspecified atom stereocenters. The quantitative estimate of drug-likeness (QED) is 0.0324. The maximum atomic E-state index is 12.4. The lowest BCUT2D eigenvalue weighted by atomic mass is 10.0. The summed E-state index contributed by atoms with van der Waals surface area (Å²) < 4.78 is 5.45. The van der Waals surface area contributed by atoms with Gasteiger partial charge in [-0.15, -0.1) is 0 Å². The predicted molar refractivity (Wildman–Crippen MR) is 246 cm³/mol. The Labute approximate surface area is 354 Å². The minimum atomic E-state index is -0.844. The smallest absolute Gasteiger partial charge is 0.305 e. The van der Waals surface area contributed by atoms with Gasteiger partial charge in [0, 0.05) is 12.8 Å². The van der Waals surface area contributed by atoms with Gasteiger partial charge in [-0.1, -0.05) is 218 Å². The molecule has 57 heavy (non-hydrogen) atoms. The zero-order valence-electron chi connectivity index (χ0n) is 38.1. The maximum Gasteiger partial charge on any atom is 0.305 e. The van der Waals surface area contributed by atoms with Gasteiger partial charge in [-0.3, -0.25) is 9.59 Å². The third-order valence-corrected chi connectivity index (χ3v) is 11.5. The average Bonchev–Trinajstić information content (AvgIpc) is 3.21. The van der Waals surface area contributed by atoms with Crippen LogP contribution in [0.2, 0.25) is 0 Å². The summed E-state index contributed by atoms with van der Waals surface area (Å²) in [5, 5.41) is 22.9. The molecular formula is C51H97NO5. The number of nitrogens with one attached hydrogen (secondary N) is 1. The number of carbonyl (C=O) groups excluding carboxylic acids is 2. The normalized spacial score (nSPS) is 12.8. The Morgan fingerprint density at radius 2 is 0.825 bits per heavy atom. The van der Waals surface area contributed by atoms with Gasteiger partial charge in [0.25, 0.3) is 0 Å². The number of unbranched alkanes of at least 4 members (excludes halogenated alkanes) is 33. The summed E-state index contributed by atoms with van der Waals surface area (Å²) in [6.07, 6.45) is 54.6. The Balaban J connectivity index is 3.42. The molecule has 0 aliphatic rings. The summed E-state index contributed by atoms with van der Waals surface area (Å²) in [6.45, 7) is 4.84. The van der Waals surface area contributed by atoms with Crippen LogP contribution in [0, 0.1) is 0 Å². The Morgan fingerprint density at radius 1 is 0.474 bits per heavy atom. The van der Waals surface area contributed by atoms with Crippen molar-refractivity contribution in [2.45, 2.75) is 276 Å². The van der Waals surface area contributed by atoms with Crippen molar-refractivity contribution in [2.75, 3.05) is 13.2 Å². The Kier molecular flexibility index (Phi) is 45.7. The molecular weight excluding hydrogens is 707 g/mol. The summed E-state index contributed by atoms with van der Waals surface area (Å²) in [5.74, 6) is -0.0787. The summed E-state index contributed by atoms with van der Waals surface area (Å²) in [4.78, 5) is 24.3. The standard InChI is InChI=1S/C51H97NO5/c1-3-5-7-9-11-13-15-25-29-33-37-41-45-51(56)57-46-42-38-34-30-26-23-21-19-17-16-18-20-22-24-28-32-36-40-44-50(55)52-48(47-53)49(54)43-39-35-31-27-14-12-10-8-6-4-2/h11,13,39,43,48-49,53-54H,3-10,12,14-38,40-42,44-47H2,1-2H3,(H,52,55)/b13-11-,43-39+. The van der Waals surface area contributed by atoms with Crippen LogP contribution in [-0.4, -0.2) is 47.4 Å². The van der Waals surface area contributed by atoms with E-state index in [1.54, 1.807) is 6.08 Å². The van der Waals surface area contributed by atoms with Crippen molar-refractivity contribution < 1.29 is 24.5 Å². The van der Waals surface area contributed by atoms with Crippen LogP contribution < -0.4 is 5.32 Å². The molecule has 6 heteroatoms. The molecule has 6 nitrogen and oxygen atoms in total. The molecule has 0 aliphatic carbocycles. The highest BCUT2D eigenvalue weighted by Gasteiger charge is 2.18. The number of carbonyl (C=O) groups is 2. The van der Waals surface area contributed by atoms with Crippen LogP contribution in [0.15, 0.2) is 24.3 Å². The molecule has 0 spiro atoms. The fraction of sp³-hybridized carbons (Fsp3) is 0.882. The first-order valence-electron chi connectivity index (χ1n) is 25.1. The first-order valence-corrected chi connectivity index (χ1v) is 25.1. The Morgan fingerprint density at radius 3 is 1.28 bits per heavy atom. The second kappa shape index (κ2) is 47.0. The SMILES string of the molecule is CCCCC/C=C\CCCCCCCC(=O)OCCCCCCCCCCCCCCCCCCCCC(=O)NC(CO)C(O)/C=C/CCCCCCCCCC. The van der Waals surface area contributed by atoms with Crippen molar-refractivity contribution in [3.63, 3.8) is 0 Å². The first kappa shape index (κ1) is 55.3. The lowest BCUT2D eigenvalue weighted by Gasteiger charge is -2.20. The summed E-state index contributed by atoms with van der Waals surface area (Å²) >= 11 is 0. The van der Waals surface area contributed by atoms with Crippen molar-refractivity contribution in [3.05, 3.63) is 24.3 Å². The molecule has 0 aromatic carbocycles. The van der Waals surface area contributed by atoms with Gasteiger partial charge < -0.3 is 20.3 Å². The maximum absolute atomic E-state index is 12.4. The van der Waals surface area contributed by atoms with E-state index in [1.165, 1.54) is 193 Å². The van der Waals surface area contributed by atoms with Crippen LogP contribution in [0.1, 0.15) is 264 Å². The van der Waals surface area contributed by atoms with Gasteiger partial charge >= 0.3 is 5.97 Å². The monoisotopic (exact) mass is 804 g/mol. The molecule has 336 valence electrons. The number of ether oxygens (including phenoxy) is 1. The minimum Gasteiger partial charge on any atom is -0.466 e. The highest BCUT2D eigenvalue weighted by Crippen LogP contribution is 2.16. The van der Waals surface area contributed by atoms with Crippen molar-refractivity contribution in [1.82, 2.24) is 5.32 Å². The molecule has 3 N–H and O–H groups in total. The van der Waals surface area contributed by atoms with E-state index in [0.717, 1.165) is 44.9 Å². The zero-order chi connectivity index (χ0) is 41.5. The summed E-state index contributed by atoms with van der Waals surface area (Å²) in [5.41, 5.74) is 0.